The average molecular weight is 761 g/mol. The smallest absolute Gasteiger partial charge is 0.303 e. The Kier molecular flexibility index (Phi) is 12.8. The van der Waals surface area contributed by atoms with Gasteiger partial charge >= 0.3 is 5.97 Å². The number of carboxylic acids is 1. The minimum Gasteiger partial charge on any atom is -0.481 e. The normalized spacial score (nSPS) is 20.8. The summed E-state index contributed by atoms with van der Waals surface area (Å²) in [4.78, 5) is 41.1. The summed E-state index contributed by atoms with van der Waals surface area (Å²) in [5.74, 6) is -0.750. The van der Waals surface area contributed by atoms with E-state index in [0.717, 1.165) is 65.0 Å². The summed E-state index contributed by atoms with van der Waals surface area (Å²) in [5.41, 5.74) is 6.29. The highest BCUT2D eigenvalue weighted by atomic mass is 16.7. The third kappa shape index (κ3) is 9.47. The van der Waals surface area contributed by atoms with Crippen molar-refractivity contribution < 1.29 is 34.1 Å². The molecule has 3 saturated heterocycles. The lowest BCUT2D eigenvalue weighted by Gasteiger charge is -2.45. The number of ether oxygens (including phenoxy) is 2. The van der Waals surface area contributed by atoms with Crippen molar-refractivity contribution >= 4 is 23.5 Å². The molecule has 0 aliphatic carbocycles. The molecule has 0 radical (unpaired) electrons. The fourth-order valence-corrected chi connectivity index (χ4v) is 8.21. The van der Waals surface area contributed by atoms with Gasteiger partial charge in [0.1, 0.15) is 5.54 Å². The Hall–Kier alpha value is -5.07. The Morgan fingerprint density at radius 3 is 2.29 bits per heavy atom. The first kappa shape index (κ1) is 39.2. The van der Waals surface area contributed by atoms with E-state index in [9.17, 15) is 19.5 Å². The molecule has 0 saturated carbocycles. The van der Waals surface area contributed by atoms with E-state index in [0.29, 0.717) is 51.9 Å². The Labute approximate surface area is 328 Å². The Balaban J connectivity index is 1.02. The molecule has 1 spiro atoms. The van der Waals surface area contributed by atoms with Crippen LogP contribution in [0, 0.1) is 0 Å². The number of hydrogen-bond acceptors (Lipinski definition) is 8. The fourth-order valence-electron chi connectivity index (χ4n) is 8.21. The van der Waals surface area contributed by atoms with E-state index in [2.05, 4.69) is 56.8 Å². The van der Waals surface area contributed by atoms with Crippen LogP contribution in [0.3, 0.4) is 0 Å². The van der Waals surface area contributed by atoms with Crippen LogP contribution in [0.2, 0.25) is 0 Å². The van der Waals surface area contributed by atoms with Crippen molar-refractivity contribution in [2.24, 2.45) is 0 Å². The summed E-state index contributed by atoms with van der Waals surface area (Å²) in [6.07, 6.45) is 3.63. The second-order valence-corrected chi connectivity index (χ2v) is 15.2. The number of aliphatic hydroxyl groups is 1. The highest BCUT2D eigenvalue weighted by Gasteiger charge is 2.50. The van der Waals surface area contributed by atoms with Crippen molar-refractivity contribution in [2.75, 3.05) is 31.2 Å². The summed E-state index contributed by atoms with van der Waals surface area (Å²) in [6, 6.07) is 34.4. The molecule has 3 heterocycles. The summed E-state index contributed by atoms with van der Waals surface area (Å²) < 4.78 is 13.5. The van der Waals surface area contributed by atoms with E-state index in [-0.39, 0.29) is 37.0 Å². The Morgan fingerprint density at radius 1 is 0.804 bits per heavy atom. The van der Waals surface area contributed by atoms with Crippen molar-refractivity contribution in [3.63, 3.8) is 0 Å². The van der Waals surface area contributed by atoms with Gasteiger partial charge in [0.2, 0.25) is 11.8 Å². The first-order chi connectivity index (χ1) is 27.3. The number of nitrogens with one attached hydrogen (secondary N) is 2. The summed E-state index contributed by atoms with van der Waals surface area (Å²) >= 11 is 0. The molecular weight excluding hydrogens is 709 g/mol. The van der Waals surface area contributed by atoms with Gasteiger partial charge in [-0.25, -0.2) is 0 Å². The van der Waals surface area contributed by atoms with Crippen LogP contribution in [0.15, 0.2) is 103 Å². The van der Waals surface area contributed by atoms with Crippen LogP contribution < -0.4 is 15.5 Å². The zero-order chi connectivity index (χ0) is 38.9. The van der Waals surface area contributed by atoms with Gasteiger partial charge in [0, 0.05) is 56.7 Å². The largest absolute Gasteiger partial charge is 0.481 e. The number of para-hydroxylation sites is 1. The van der Waals surface area contributed by atoms with Gasteiger partial charge in [-0.05, 0) is 77.8 Å². The van der Waals surface area contributed by atoms with Gasteiger partial charge in [-0.2, -0.15) is 0 Å². The van der Waals surface area contributed by atoms with Crippen molar-refractivity contribution in [3.8, 4) is 11.1 Å². The quantitative estimate of drug-likeness (QED) is 0.100. The molecule has 3 fully saturated rings. The van der Waals surface area contributed by atoms with Crippen molar-refractivity contribution in [1.29, 1.82) is 0 Å². The van der Waals surface area contributed by atoms with Crippen LogP contribution in [0.4, 0.5) is 5.69 Å². The van der Waals surface area contributed by atoms with Gasteiger partial charge in [-0.15, -0.1) is 0 Å². The number of aliphatic carboxylic acids is 1. The van der Waals surface area contributed by atoms with Crippen molar-refractivity contribution in [3.05, 3.63) is 125 Å². The molecule has 11 heteroatoms. The van der Waals surface area contributed by atoms with Crippen molar-refractivity contribution in [1.82, 2.24) is 15.5 Å². The lowest BCUT2D eigenvalue weighted by Crippen LogP contribution is -2.57. The van der Waals surface area contributed by atoms with Gasteiger partial charge < -0.3 is 40.1 Å². The molecule has 294 valence electrons. The number of benzene rings is 4. The summed E-state index contributed by atoms with van der Waals surface area (Å²) in [6.45, 7) is 3.16. The molecule has 0 unspecified atom stereocenters. The molecule has 56 heavy (non-hydrogen) atoms. The number of likely N-dealkylation sites (tertiary alicyclic amines) is 1. The van der Waals surface area contributed by atoms with E-state index in [1.54, 1.807) is 0 Å². The number of unbranched alkanes of at least 4 members (excludes halogenated alkanes) is 2. The van der Waals surface area contributed by atoms with Crippen LogP contribution in [0.25, 0.3) is 11.1 Å². The first-order valence-electron chi connectivity index (χ1n) is 19.8. The number of amides is 2. The van der Waals surface area contributed by atoms with E-state index >= 15 is 0 Å². The van der Waals surface area contributed by atoms with Gasteiger partial charge in [0.25, 0.3) is 0 Å². The number of aliphatic hydroxyl groups excluding tert-OH is 1. The predicted octanol–water partition coefficient (Wildman–Crippen LogP) is 6.47. The number of rotatable bonds is 15. The first-order valence-corrected chi connectivity index (χ1v) is 19.8. The third-order valence-corrected chi connectivity index (χ3v) is 11.4. The zero-order valence-electron chi connectivity index (χ0n) is 31.8. The van der Waals surface area contributed by atoms with Gasteiger partial charge in [-0.1, -0.05) is 85.3 Å². The summed E-state index contributed by atoms with van der Waals surface area (Å²) in [7, 11) is 0. The van der Waals surface area contributed by atoms with Gasteiger partial charge in [-0.3, -0.25) is 14.4 Å². The predicted molar refractivity (Wildman–Crippen MR) is 213 cm³/mol. The lowest BCUT2D eigenvalue weighted by atomic mass is 9.85. The van der Waals surface area contributed by atoms with E-state index in [4.69, 9.17) is 14.6 Å². The minimum absolute atomic E-state index is 0.0209. The number of hydrogen-bond donors (Lipinski definition) is 4. The highest BCUT2D eigenvalue weighted by molar-refractivity contribution is 5.93. The van der Waals surface area contributed by atoms with Gasteiger partial charge in [0.15, 0.2) is 6.29 Å². The van der Waals surface area contributed by atoms with Crippen LogP contribution in [-0.2, 0) is 37.0 Å². The Bertz CT molecular complexity index is 1950. The maximum atomic E-state index is 13.3. The minimum atomic E-state index is -0.808. The summed E-state index contributed by atoms with van der Waals surface area (Å²) in [5, 5.41) is 24.6. The number of carbonyl (C=O) groups is 3. The molecular formula is C45H52N4O7. The second-order valence-electron chi connectivity index (χ2n) is 15.2. The lowest BCUT2D eigenvalue weighted by molar-refractivity contribution is -0.253. The van der Waals surface area contributed by atoms with Crippen LogP contribution in [0.5, 0.6) is 0 Å². The number of carboxylic acid groups (broad SMARTS) is 1. The molecule has 3 aliphatic heterocycles. The standard InChI is InChI=1S/C45H52N4O7/c50-30-32-17-19-34(20-18-32)40-27-39(29-48-23-21-45(22-24-48)44(54)47-31-49(45)38-13-3-1-4-14-38)55-43(56-40)37-12-8-11-36(26-37)35-10-7-9-33(25-35)28-46-41(51)15-5-2-6-16-42(52)53/h1,3-4,7-14,17-20,25-26,39-40,43,50H,2,5-6,15-16,21-24,27-31H2,(H,46,51)(H,47,54)(H,52,53)/t39-,40+,43+/m1/s1. The number of carbonyl (C=O) groups excluding carboxylic acids is 2. The average Bonchev–Trinajstić information content (AvgIpc) is 3.55. The van der Waals surface area contributed by atoms with E-state index in [1.807, 2.05) is 66.7 Å². The maximum absolute atomic E-state index is 13.3. The molecule has 2 amide bonds. The highest BCUT2D eigenvalue weighted by Crippen LogP contribution is 2.41. The Morgan fingerprint density at radius 2 is 1.54 bits per heavy atom. The molecule has 0 aromatic heterocycles. The molecule has 3 atom stereocenters. The maximum Gasteiger partial charge on any atom is 0.303 e. The van der Waals surface area contributed by atoms with E-state index < -0.39 is 17.8 Å². The monoisotopic (exact) mass is 760 g/mol. The third-order valence-electron chi connectivity index (χ3n) is 11.4. The van der Waals surface area contributed by atoms with Crippen LogP contribution in [0.1, 0.15) is 86.0 Å². The second kappa shape index (κ2) is 18.3. The molecule has 3 aliphatic rings. The SMILES string of the molecule is O=C(O)CCCCCC(=O)NCc1cccc(-c2cccc([C@H]3O[C@@H](CN4CCC5(CC4)C(=O)NCN5c4ccccc4)C[C@@H](c4ccc(CO)cc4)O3)c2)c1. The molecule has 4 N–H and O–H groups in total. The fraction of sp³-hybridized carbons (Fsp3) is 0.400. The molecule has 11 nitrogen and oxygen atoms in total. The van der Waals surface area contributed by atoms with Crippen molar-refractivity contribution in [2.45, 2.75) is 88.6 Å². The number of piperidine rings is 1. The van der Waals surface area contributed by atoms with Gasteiger partial charge in [0.05, 0.1) is 25.5 Å². The number of nitrogens with zero attached hydrogens (tertiary/aromatic N) is 2. The van der Waals surface area contributed by atoms with Crippen LogP contribution in [-0.4, -0.2) is 70.8 Å². The topological polar surface area (TPSA) is 141 Å². The molecule has 4 aromatic carbocycles. The van der Waals surface area contributed by atoms with Crippen LogP contribution >= 0.6 is 0 Å². The zero-order valence-corrected chi connectivity index (χ0v) is 31.8. The molecule has 7 rings (SSSR count). The number of anilines is 1. The molecule has 0 bridgehead atoms. The molecule has 4 aromatic rings. The van der Waals surface area contributed by atoms with E-state index in [1.165, 1.54) is 0 Å².